The van der Waals surface area contributed by atoms with E-state index in [2.05, 4.69) is 5.32 Å². The summed E-state index contributed by atoms with van der Waals surface area (Å²) in [4.78, 5) is 10.9. The molecule has 7 heteroatoms. The standard InChI is InChI=1S/C9H6Cl2F3NO/c10-4-8(16)15-5-1-2-6(7(11)3-5)9(12,13)14/h1-3H,4H2,(H,15,16). The lowest BCUT2D eigenvalue weighted by molar-refractivity contribution is -0.137. The number of halogens is 5. The van der Waals surface area contributed by atoms with Crippen molar-refractivity contribution >= 4 is 34.8 Å². The fourth-order valence-corrected chi connectivity index (χ4v) is 1.37. The van der Waals surface area contributed by atoms with Crippen LogP contribution < -0.4 is 5.32 Å². The quantitative estimate of drug-likeness (QED) is 0.820. The van der Waals surface area contributed by atoms with Gasteiger partial charge in [0.25, 0.3) is 0 Å². The van der Waals surface area contributed by atoms with Gasteiger partial charge in [-0.25, -0.2) is 0 Å². The highest BCUT2D eigenvalue weighted by atomic mass is 35.5. The average Bonchev–Trinajstić information content (AvgIpc) is 2.15. The Labute approximate surface area is 99.3 Å². The second kappa shape index (κ2) is 4.93. The van der Waals surface area contributed by atoms with Crippen molar-refractivity contribution in [3.8, 4) is 0 Å². The highest BCUT2D eigenvalue weighted by Gasteiger charge is 2.33. The van der Waals surface area contributed by atoms with E-state index in [1.807, 2.05) is 0 Å². The summed E-state index contributed by atoms with van der Waals surface area (Å²) in [5.74, 6) is -0.795. The fraction of sp³-hybridized carbons (Fsp3) is 0.222. The summed E-state index contributed by atoms with van der Waals surface area (Å²) in [5, 5.41) is 1.82. The van der Waals surface area contributed by atoms with Gasteiger partial charge >= 0.3 is 6.18 Å². The van der Waals surface area contributed by atoms with Crippen molar-refractivity contribution in [1.29, 1.82) is 0 Å². The predicted molar refractivity (Wildman–Crippen MR) is 55.8 cm³/mol. The molecular formula is C9H6Cl2F3NO. The number of amides is 1. The minimum Gasteiger partial charge on any atom is -0.325 e. The molecule has 0 saturated heterocycles. The molecule has 1 rings (SSSR count). The molecule has 0 aromatic heterocycles. The van der Waals surface area contributed by atoms with Crippen molar-refractivity contribution in [2.24, 2.45) is 0 Å². The Morgan fingerprint density at radius 1 is 1.38 bits per heavy atom. The molecule has 2 nitrogen and oxygen atoms in total. The SMILES string of the molecule is O=C(CCl)Nc1ccc(C(F)(F)F)c(Cl)c1. The zero-order valence-electron chi connectivity index (χ0n) is 7.74. The number of rotatable bonds is 2. The molecule has 0 heterocycles. The Bertz CT molecular complexity index is 406. The van der Waals surface area contributed by atoms with Gasteiger partial charge in [-0.05, 0) is 18.2 Å². The topological polar surface area (TPSA) is 29.1 Å². The van der Waals surface area contributed by atoms with Crippen LogP contribution in [0.4, 0.5) is 18.9 Å². The Balaban J connectivity index is 2.96. The van der Waals surface area contributed by atoms with Crippen molar-refractivity contribution in [3.63, 3.8) is 0 Å². The highest BCUT2D eigenvalue weighted by molar-refractivity contribution is 6.32. The summed E-state index contributed by atoms with van der Waals surface area (Å²) in [6, 6.07) is 2.93. The largest absolute Gasteiger partial charge is 0.417 e. The van der Waals surface area contributed by atoms with E-state index in [9.17, 15) is 18.0 Å². The van der Waals surface area contributed by atoms with Gasteiger partial charge < -0.3 is 5.32 Å². The maximum atomic E-state index is 12.3. The molecule has 0 fully saturated rings. The number of carbonyl (C=O) groups is 1. The Morgan fingerprint density at radius 2 is 2.00 bits per heavy atom. The van der Waals surface area contributed by atoms with E-state index in [1.54, 1.807) is 0 Å². The monoisotopic (exact) mass is 271 g/mol. The normalized spacial score (nSPS) is 11.3. The van der Waals surface area contributed by atoms with Crippen LogP contribution >= 0.6 is 23.2 Å². The molecule has 0 spiro atoms. The molecule has 88 valence electrons. The van der Waals surface area contributed by atoms with E-state index < -0.39 is 22.7 Å². The van der Waals surface area contributed by atoms with Gasteiger partial charge in [-0.15, -0.1) is 11.6 Å². The molecule has 1 aromatic carbocycles. The maximum Gasteiger partial charge on any atom is 0.417 e. The number of benzene rings is 1. The first-order valence-corrected chi connectivity index (χ1v) is 4.98. The average molecular weight is 272 g/mol. The number of nitrogens with one attached hydrogen (secondary N) is 1. The van der Waals surface area contributed by atoms with Crippen molar-refractivity contribution in [2.45, 2.75) is 6.18 Å². The lowest BCUT2D eigenvalue weighted by Crippen LogP contribution is -2.13. The van der Waals surface area contributed by atoms with Crippen LogP contribution in [0.15, 0.2) is 18.2 Å². The van der Waals surface area contributed by atoms with Gasteiger partial charge in [-0.3, -0.25) is 4.79 Å². The van der Waals surface area contributed by atoms with Crippen LogP contribution in [-0.4, -0.2) is 11.8 Å². The van der Waals surface area contributed by atoms with Crippen LogP contribution in [0.5, 0.6) is 0 Å². The van der Waals surface area contributed by atoms with Gasteiger partial charge in [0.1, 0.15) is 5.88 Å². The molecule has 16 heavy (non-hydrogen) atoms. The van der Waals surface area contributed by atoms with Gasteiger partial charge in [0.2, 0.25) is 5.91 Å². The van der Waals surface area contributed by atoms with E-state index in [1.165, 1.54) is 0 Å². The third-order valence-electron chi connectivity index (χ3n) is 1.68. The minimum atomic E-state index is -4.51. The van der Waals surface area contributed by atoms with E-state index >= 15 is 0 Å². The number of hydrogen-bond acceptors (Lipinski definition) is 1. The molecule has 0 bridgehead atoms. The zero-order chi connectivity index (χ0) is 12.3. The fourth-order valence-electron chi connectivity index (χ4n) is 1.02. The van der Waals surface area contributed by atoms with Crippen LogP contribution in [0, 0.1) is 0 Å². The number of hydrogen-bond donors (Lipinski definition) is 1. The van der Waals surface area contributed by atoms with Crippen LogP contribution in [0.3, 0.4) is 0 Å². The van der Waals surface area contributed by atoms with Crippen LogP contribution in [0.25, 0.3) is 0 Å². The number of anilines is 1. The third kappa shape index (κ3) is 3.28. The molecule has 0 atom stereocenters. The van der Waals surface area contributed by atoms with Crippen molar-refractivity contribution < 1.29 is 18.0 Å². The van der Waals surface area contributed by atoms with Crippen LogP contribution in [0.1, 0.15) is 5.56 Å². The first-order valence-electron chi connectivity index (χ1n) is 4.07. The Kier molecular flexibility index (Phi) is 4.04. The molecule has 0 radical (unpaired) electrons. The molecular weight excluding hydrogens is 266 g/mol. The summed E-state index contributed by atoms with van der Waals surface area (Å²) in [5.41, 5.74) is -0.776. The first kappa shape index (κ1) is 13.1. The first-order chi connectivity index (χ1) is 7.34. The lowest BCUT2D eigenvalue weighted by atomic mass is 10.2. The molecule has 1 aromatic rings. The second-order valence-electron chi connectivity index (χ2n) is 2.87. The summed E-state index contributed by atoms with van der Waals surface area (Å²) in [6.07, 6.45) is -4.51. The smallest absolute Gasteiger partial charge is 0.325 e. The second-order valence-corrected chi connectivity index (χ2v) is 3.55. The minimum absolute atomic E-state index is 0.170. The van der Waals surface area contributed by atoms with Crippen molar-refractivity contribution in [1.82, 2.24) is 0 Å². The number of alkyl halides is 4. The zero-order valence-corrected chi connectivity index (χ0v) is 9.25. The van der Waals surface area contributed by atoms with Gasteiger partial charge in [0.15, 0.2) is 0 Å². The van der Waals surface area contributed by atoms with Gasteiger partial charge in [-0.1, -0.05) is 11.6 Å². The van der Waals surface area contributed by atoms with Gasteiger partial charge in [-0.2, -0.15) is 13.2 Å². The predicted octanol–water partition coefficient (Wildman–Crippen LogP) is 3.54. The molecule has 0 saturated carbocycles. The molecule has 0 aliphatic carbocycles. The Hall–Kier alpha value is -0.940. The number of carbonyl (C=O) groups excluding carboxylic acids is 1. The van der Waals surface area contributed by atoms with E-state index in [0.717, 1.165) is 18.2 Å². The summed E-state index contributed by atoms with van der Waals surface area (Å²) >= 11 is 10.7. The lowest BCUT2D eigenvalue weighted by Gasteiger charge is -2.10. The van der Waals surface area contributed by atoms with Crippen LogP contribution in [0.2, 0.25) is 5.02 Å². The summed E-state index contributed by atoms with van der Waals surface area (Å²) < 4.78 is 36.9. The van der Waals surface area contributed by atoms with E-state index in [4.69, 9.17) is 23.2 Å². The third-order valence-corrected chi connectivity index (χ3v) is 2.24. The van der Waals surface area contributed by atoms with Gasteiger partial charge in [0, 0.05) is 5.69 Å². The molecule has 1 N–H and O–H groups in total. The van der Waals surface area contributed by atoms with Gasteiger partial charge in [0.05, 0.1) is 10.6 Å². The maximum absolute atomic E-state index is 12.3. The molecule has 0 unspecified atom stereocenters. The summed E-state index contributed by atoms with van der Waals surface area (Å²) in [6.45, 7) is 0. The van der Waals surface area contributed by atoms with Crippen molar-refractivity contribution in [3.05, 3.63) is 28.8 Å². The van der Waals surface area contributed by atoms with E-state index in [-0.39, 0.29) is 11.6 Å². The van der Waals surface area contributed by atoms with Crippen molar-refractivity contribution in [2.75, 3.05) is 11.2 Å². The van der Waals surface area contributed by atoms with E-state index in [0.29, 0.717) is 0 Å². The molecule has 1 amide bonds. The highest BCUT2D eigenvalue weighted by Crippen LogP contribution is 2.35. The summed E-state index contributed by atoms with van der Waals surface area (Å²) in [7, 11) is 0. The Morgan fingerprint density at radius 3 is 2.44 bits per heavy atom. The van der Waals surface area contributed by atoms with Crippen LogP contribution in [-0.2, 0) is 11.0 Å². The molecule has 0 aliphatic heterocycles. The molecule has 0 aliphatic rings.